The Morgan fingerprint density at radius 1 is 1.56 bits per heavy atom. The highest BCUT2D eigenvalue weighted by atomic mass is 32.2. The molecule has 1 N–H and O–H groups in total. The molecule has 0 aliphatic carbocycles. The van der Waals surface area contributed by atoms with Crippen molar-refractivity contribution in [2.75, 3.05) is 25.2 Å². The normalized spacial score (nSPS) is 19.1. The van der Waals surface area contributed by atoms with E-state index in [2.05, 4.69) is 11.9 Å². The summed E-state index contributed by atoms with van der Waals surface area (Å²) in [5, 5.41) is 2.96. The number of allylic oxidation sites excluding steroid dienone is 1. The Morgan fingerprint density at radius 2 is 2.25 bits per heavy atom. The number of hydrogen-bond acceptors (Lipinski definition) is 3. The molecule has 3 nitrogen and oxygen atoms in total. The van der Waals surface area contributed by atoms with Crippen molar-refractivity contribution in [3.05, 3.63) is 12.7 Å². The van der Waals surface area contributed by atoms with Crippen LogP contribution in [0.25, 0.3) is 0 Å². The Kier molecular flexibility index (Phi) is 5.91. The van der Waals surface area contributed by atoms with Gasteiger partial charge < -0.3 is 10.1 Å². The zero-order chi connectivity index (χ0) is 11.9. The summed E-state index contributed by atoms with van der Waals surface area (Å²) in [5.41, 5.74) is -0.130. The molecule has 4 heteroatoms. The van der Waals surface area contributed by atoms with Crippen molar-refractivity contribution < 1.29 is 9.53 Å². The second-order valence-electron chi connectivity index (χ2n) is 4.10. The molecule has 1 saturated heterocycles. The molecule has 0 unspecified atom stereocenters. The van der Waals surface area contributed by atoms with E-state index in [1.165, 1.54) is 0 Å². The Morgan fingerprint density at radius 3 is 2.81 bits per heavy atom. The second-order valence-corrected chi connectivity index (χ2v) is 5.33. The highest BCUT2D eigenvalue weighted by Crippen LogP contribution is 2.29. The van der Waals surface area contributed by atoms with Crippen LogP contribution in [0.2, 0.25) is 0 Å². The third-order valence-electron chi connectivity index (χ3n) is 3.02. The van der Waals surface area contributed by atoms with Crippen molar-refractivity contribution in [3.63, 3.8) is 0 Å². The van der Waals surface area contributed by atoms with E-state index in [0.29, 0.717) is 13.0 Å². The van der Waals surface area contributed by atoms with Gasteiger partial charge in [0.2, 0.25) is 5.91 Å². The highest BCUT2D eigenvalue weighted by molar-refractivity contribution is 7.99. The molecule has 0 aromatic carbocycles. The Hall–Kier alpha value is -0.480. The van der Waals surface area contributed by atoms with Gasteiger partial charge in [0.05, 0.1) is 5.60 Å². The van der Waals surface area contributed by atoms with Crippen LogP contribution < -0.4 is 5.32 Å². The van der Waals surface area contributed by atoms with E-state index in [0.717, 1.165) is 30.8 Å². The van der Waals surface area contributed by atoms with E-state index in [1.807, 2.05) is 11.8 Å². The summed E-state index contributed by atoms with van der Waals surface area (Å²) >= 11 is 1.95. The molecule has 0 bridgehead atoms. The largest absolute Gasteiger partial charge is 0.376 e. The standard InChI is InChI=1S/C12H21NO2S/c1-3-4-5-11(14)13-10-12(15-2)6-8-16-9-7-12/h3H,1,4-10H2,2H3,(H,13,14). The minimum Gasteiger partial charge on any atom is -0.376 e. The molecule has 1 aliphatic heterocycles. The van der Waals surface area contributed by atoms with E-state index in [1.54, 1.807) is 13.2 Å². The van der Waals surface area contributed by atoms with Gasteiger partial charge in [-0.15, -0.1) is 6.58 Å². The molecule has 1 heterocycles. The number of hydrogen-bond donors (Lipinski definition) is 1. The monoisotopic (exact) mass is 243 g/mol. The molecule has 1 fully saturated rings. The molecule has 0 spiro atoms. The SMILES string of the molecule is C=CCCC(=O)NCC1(OC)CCSCC1. The Balaban J connectivity index is 2.32. The van der Waals surface area contributed by atoms with Gasteiger partial charge in [-0.05, 0) is 30.8 Å². The molecule has 0 aromatic heterocycles. The van der Waals surface area contributed by atoms with Crippen LogP contribution in [-0.4, -0.2) is 36.7 Å². The number of carbonyl (C=O) groups is 1. The molecular weight excluding hydrogens is 222 g/mol. The van der Waals surface area contributed by atoms with Crippen LogP contribution in [-0.2, 0) is 9.53 Å². The number of amides is 1. The van der Waals surface area contributed by atoms with E-state index < -0.39 is 0 Å². The van der Waals surface area contributed by atoms with Crippen LogP contribution >= 0.6 is 11.8 Å². The van der Waals surface area contributed by atoms with E-state index in [9.17, 15) is 4.79 Å². The highest BCUT2D eigenvalue weighted by Gasteiger charge is 2.32. The number of carbonyl (C=O) groups excluding carboxylic acids is 1. The van der Waals surface area contributed by atoms with Crippen molar-refractivity contribution >= 4 is 17.7 Å². The van der Waals surface area contributed by atoms with Gasteiger partial charge in [0.15, 0.2) is 0 Å². The number of ether oxygens (including phenoxy) is 1. The lowest BCUT2D eigenvalue weighted by Crippen LogP contribution is -2.46. The minimum atomic E-state index is -0.130. The molecule has 1 amide bonds. The average Bonchev–Trinajstić information content (AvgIpc) is 2.35. The van der Waals surface area contributed by atoms with Gasteiger partial charge >= 0.3 is 0 Å². The van der Waals surface area contributed by atoms with Gasteiger partial charge in [0.1, 0.15) is 0 Å². The predicted octanol–water partition coefficient (Wildman–Crippen LogP) is 1.98. The number of thioether (sulfide) groups is 1. The van der Waals surface area contributed by atoms with Gasteiger partial charge in [-0.3, -0.25) is 4.79 Å². The summed E-state index contributed by atoms with van der Waals surface area (Å²) in [6.45, 7) is 4.24. The molecule has 0 saturated carbocycles. The Labute approximate surface area is 102 Å². The van der Waals surface area contributed by atoms with Gasteiger partial charge in [0, 0.05) is 20.1 Å². The molecule has 0 radical (unpaired) electrons. The van der Waals surface area contributed by atoms with Crippen LogP contribution in [0.5, 0.6) is 0 Å². The Bertz CT molecular complexity index is 237. The van der Waals surface area contributed by atoms with Gasteiger partial charge in [0.25, 0.3) is 0 Å². The van der Waals surface area contributed by atoms with E-state index in [-0.39, 0.29) is 11.5 Å². The van der Waals surface area contributed by atoms with Gasteiger partial charge in [-0.1, -0.05) is 6.08 Å². The lowest BCUT2D eigenvalue weighted by atomic mass is 9.96. The quantitative estimate of drug-likeness (QED) is 0.725. The van der Waals surface area contributed by atoms with Crippen LogP contribution in [0.1, 0.15) is 25.7 Å². The first-order chi connectivity index (χ1) is 7.72. The molecule has 16 heavy (non-hydrogen) atoms. The smallest absolute Gasteiger partial charge is 0.220 e. The summed E-state index contributed by atoms with van der Waals surface area (Å²) in [6.07, 6.45) is 5.08. The zero-order valence-corrected chi connectivity index (χ0v) is 10.8. The number of nitrogens with one attached hydrogen (secondary N) is 1. The molecule has 1 rings (SSSR count). The fraction of sp³-hybridized carbons (Fsp3) is 0.750. The first kappa shape index (κ1) is 13.6. The summed E-state index contributed by atoms with van der Waals surface area (Å²) in [5.74, 6) is 2.33. The van der Waals surface area contributed by atoms with Crippen molar-refractivity contribution in [1.82, 2.24) is 5.32 Å². The summed E-state index contributed by atoms with van der Waals surface area (Å²) in [4.78, 5) is 11.5. The van der Waals surface area contributed by atoms with E-state index in [4.69, 9.17) is 4.74 Å². The second kappa shape index (κ2) is 6.97. The summed E-state index contributed by atoms with van der Waals surface area (Å²) in [6, 6.07) is 0. The first-order valence-electron chi connectivity index (χ1n) is 5.73. The fourth-order valence-corrected chi connectivity index (χ4v) is 3.01. The lowest BCUT2D eigenvalue weighted by molar-refractivity contribution is -0.122. The van der Waals surface area contributed by atoms with Crippen LogP contribution in [0.15, 0.2) is 12.7 Å². The summed E-state index contributed by atoms with van der Waals surface area (Å²) < 4.78 is 5.59. The van der Waals surface area contributed by atoms with Gasteiger partial charge in [-0.2, -0.15) is 11.8 Å². The van der Waals surface area contributed by atoms with Crippen molar-refractivity contribution in [1.29, 1.82) is 0 Å². The van der Waals surface area contributed by atoms with Crippen molar-refractivity contribution in [2.24, 2.45) is 0 Å². The minimum absolute atomic E-state index is 0.0922. The molecule has 0 aromatic rings. The van der Waals surface area contributed by atoms with Crippen molar-refractivity contribution in [3.8, 4) is 0 Å². The molecule has 0 atom stereocenters. The lowest BCUT2D eigenvalue weighted by Gasteiger charge is -2.35. The summed E-state index contributed by atoms with van der Waals surface area (Å²) in [7, 11) is 1.74. The van der Waals surface area contributed by atoms with E-state index >= 15 is 0 Å². The maximum atomic E-state index is 11.5. The molecule has 1 aliphatic rings. The average molecular weight is 243 g/mol. The maximum Gasteiger partial charge on any atom is 0.220 e. The van der Waals surface area contributed by atoms with Crippen LogP contribution in [0, 0.1) is 0 Å². The first-order valence-corrected chi connectivity index (χ1v) is 6.88. The maximum absolute atomic E-state index is 11.5. The number of methoxy groups -OCH3 is 1. The van der Waals surface area contributed by atoms with Crippen LogP contribution in [0.3, 0.4) is 0 Å². The third-order valence-corrected chi connectivity index (χ3v) is 4.01. The van der Waals surface area contributed by atoms with Gasteiger partial charge in [-0.25, -0.2) is 0 Å². The zero-order valence-electron chi connectivity index (χ0n) is 9.96. The van der Waals surface area contributed by atoms with Crippen LogP contribution in [0.4, 0.5) is 0 Å². The molecule has 92 valence electrons. The topological polar surface area (TPSA) is 38.3 Å². The molecular formula is C12H21NO2S. The van der Waals surface area contributed by atoms with Crippen molar-refractivity contribution in [2.45, 2.75) is 31.3 Å². The predicted molar refractivity (Wildman–Crippen MR) is 68.7 cm³/mol. The number of rotatable bonds is 6. The fourth-order valence-electron chi connectivity index (χ4n) is 1.78. The third kappa shape index (κ3) is 4.18.